The van der Waals surface area contributed by atoms with Crippen LogP contribution in [0.3, 0.4) is 0 Å². The normalized spacial score (nSPS) is 18.0. The number of aliphatic hydroxyl groups is 1. The molecule has 0 saturated carbocycles. The topological polar surface area (TPSA) is 60.9 Å². The number of halogens is 2. The van der Waals surface area contributed by atoms with E-state index in [1.807, 2.05) is 30.3 Å². The van der Waals surface area contributed by atoms with Crippen LogP contribution in [0.1, 0.15) is 11.7 Å². The Hall–Kier alpha value is -1.15. The zero-order chi connectivity index (χ0) is 18.7. The van der Waals surface area contributed by atoms with Crippen LogP contribution in [0.15, 0.2) is 53.4 Å². The second kappa shape index (κ2) is 8.25. The van der Waals surface area contributed by atoms with Crippen LogP contribution in [0.2, 0.25) is 10.0 Å². The molecule has 0 amide bonds. The number of rotatable bonds is 5. The molecule has 0 radical (unpaired) electrons. The van der Waals surface area contributed by atoms with Gasteiger partial charge in [-0.15, -0.1) is 0 Å². The van der Waals surface area contributed by atoms with E-state index in [0.29, 0.717) is 37.7 Å². The Kier molecular flexibility index (Phi) is 6.22. The van der Waals surface area contributed by atoms with E-state index in [0.717, 1.165) is 5.56 Å². The molecule has 0 spiro atoms. The van der Waals surface area contributed by atoms with Crippen LogP contribution in [-0.4, -0.2) is 55.5 Å². The standard InChI is InChI=1S/C18H20Cl2N2O3S/c19-16-7-6-15(12-17(16)20)26(24,25)22-10-8-21(9-11-22)13-18(23)14-4-2-1-3-5-14/h1-7,12,18,23H,8-11,13H2/t18-/m0/s1. The second-order valence-electron chi connectivity index (χ2n) is 6.21. The van der Waals surface area contributed by atoms with Gasteiger partial charge in [0.2, 0.25) is 10.0 Å². The van der Waals surface area contributed by atoms with Crippen molar-refractivity contribution in [2.45, 2.75) is 11.0 Å². The number of sulfonamides is 1. The largest absolute Gasteiger partial charge is 0.387 e. The highest BCUT2D eigenvalue weighted by Gasteiger charge is 2.29. The molecule has 1 aliphatic heterocycles. The number of nitrogens with zero attached hydrogens (tertiary/aromatic N) is 2. The van der Waals surface area contributed by atoms with Gasteiger partial charge in [-0.3, -0.25) is 4.90 Å². The van der Waals surface area contributed by atoms with Gasteiger partial charge in [-0.2, -0.15) is 4.31 Å². The number of piperazine rings is 1. The summed E-state index contributed by atoms with van der Waals surface area (Å²) in [7, 11) is -3.60. The van der Waals surface area contributed by atoms with E-state index in [9.17, 15) is 13.5 Å². The fourth-order valence-corrected chi connectivity index (χ4v) is 4.78. The van der Waals surface area contributed by atoms with Crippen molar-refractivity contribution in [2.75, 3.05) is 32.7 Å². The van der Waals surface area contributed by atoms with E-state index in [-0.39, 0.29) is 9.92 Å². The van der Waals surface area contributed by atoms with Crippen LogP contribution in [0.4, 0.5) is 0 Å². The second-order valence-corrected chi connectivity index (χ2v) is 8.96. The van der Waals surface area contributed by atoms with E-state index in [2.05, 4.69) is 4.90 Å². The van der Waals surface area contributed by atoms with Gasteiger partial charge in [0.25, 0.3) is 0 Å². The number of β-amino-alcohol motifs (C(OH)–C–C–N with tert-alkyl or cyclic N) is 1. The third kappa shape index (κ3) is 4.39. The molecule has 0 aliphatic carbocycles. The van der Waals surface area contributed by atoms with E-state index < -0.39 is 16.1 Å². The van der Waals surface area contributed by atoms with Crippen molar-refractivity contribution in [3.8, 4) is 0 Å². The maximum atomic E-state index is 12.8. The Morgan fingerprint density at radius 2 is 1.62 bits per heavy atom. The lowest BCUT2D eigenvalue weighted by Gasteiger charge is -2.35. The highest BCUT2D eigenvalue weighted by molar-refractivity contribution is 7.89. The summed E-state index contributed by atoms with van der Waals surface area (Å²) in [6, 6.07) is 13.8. The van der Waals surface area contributed by atoms with Crippen molar-refractivity contribution in [1.82, 2.24) is 9.21 Å². The zero-order valence-corrected chi connectivity index (χ0v) is 16.4. The monoisotopic (exact) mass is 414 g/mol. The van der Waals surface area contributed by atoms with Crippen LogP contribution in [0.25, 0.3) is 0 Å². The lowest BCUT2D eigenvalue weighted by molar-refractivity contribution is 0.0921. The summed E-state index contributed by atoms with van der Waals surface area (Å²) < 4.78 is 27.0. The van der Waals surface area contributed by atoms with Gasteiger partial charge in [0, 0.05) is 32.7 Å². The molecule has 1 saturated heterocycles. The van der Waals surface area contributed by atoms with Crippen LogP contribution >= 0.6 is 23.2 Å². The maximum Gasteiger partial charge on any atom is 0.243 e. The molecule has 140 valence electrons. The third-order valence-corrected chi connectivity index (χ3v) is 7.11. The summed E-state index contributed by atoms with van der Waals surface area (Å²) >= 11 is 11.8. The number of hydrogen-bond donors (Lipinski definition) is 1. The van der Waals surface area contributed by atoms with Crippen LogP contribution in [-0.2, 0) is 10.0 Å². The highest BCUT2D eigenvalue weighted by atomic mass is 35.5. The fourth-order valence-electron chi connectivity index (χ4n) is 2.96. The zero-order valence-electron chi connectivity index (χ0n) is 14.1. The Balaban J connectivity index is 1.61. The van der Waals surface area contributed by atoms with Gasteiger partial charge in [0.05, 0.1) is 21.0 Å². The summed E-state index contributed by atoms with van der Waals surface area (Å²) in [5, 5.41) is 10.9. The highest BCUT2D eigenvalue weighted by Crippen LogP contribution is 2.27. The van der Waals surface area contributed by atoms with E-state index in [4.69, 9.17) is 23.2 Å². The molecule has 1 heterocycles. The van der Waals surface area contributed by atoms with Gasteiger partial charge in [0.15, 0.2) is 0 Å². The van der Waals surface area contributed by atoms with Crippen molar-refractivity contribution in [3.63, 3.8) is 0 Å². The molecule has 0 bridgehead atoms. The van der Waals surface area contributed by atoms with Crippen LogP contribution < -0.4 is 0 Å². The number of benzene rings is 2. The summed E-state index contributed by atoms with van der Waals surface area (Å²) in [5.41, 5.74) is 0.860. The molecular formula is C18H20Cl2N2O3S. The molecule has 1 N–H and O–H groups in total. The van der Waals surface area contributed by atoms with Crippen LogP contribution in [0, 0.1) is 0 Å². The molecule has 0 aromatic heterocycles. The van der Waals surface area contributed by atoms with Crippen molar-refractivity contribution in [2.24, 2.45) is 0 Å². The first-order chi connectivity index (χ1) is 12.4. The van der Waals surface area contributed by atoms with Gasteiger partial charge < -0.3 is 5.11 Å². The van der Waals surface area contributed by atoms with Gasteiger partial charge in [0.1, 0.15) is 0 Å². The summed E-state index contributed by atoms with van der Waals surface area (Å²) in [6.07, 6.45) is -0.588. The van der Waals surface area contributed by atoms with Crippen molar-refractivity contribution in [1.29, 1.82) is 0 Å². The molecule has 2 aromatic carbocycles. The van der Waals surface area contributed by atoms with Crippen molar-refractivity contribution in [3.05, 3.63) is 64.1 Å². The Morgan fingerprint density at radius 1 is 0.962 bits per heavy atom. The minimum Gasteiger partial charge on any atom is -0.387 e. The van der Waals surface area contributed by atoms with Crippen LogP contribution in [0.5, 0.6) is 0 Å². The molecule has 3 rings (SSSR count). The molecule has 8 heteroatoms. The van der Waals surface area contributed by atoms with Gasteiger partial charge >= 0.3 is 0 Å². The first-order valence-corrected chi connectivity index (χ1v) is 10.5. The Bertz CT molecular complexity index is 854. The molecular weight excluding hydrogens is 395 g/mol. The lowest BCUT2D eigenvalue weighted by Crippen LogP contribution is -2.49. The molecule has 1 atom stereocenters. The fraction of sp³-hybridized carbons (Fsp3) is 0.333. The minimum atomic E-state index is -3.60. The van der Waals surface area contributed by atoms with E-state index in [1.165, 1.54) is 22.5 Å². The quantitative estimate of drug-likeness (QED) is 0.816. The van der Waals surface area contributed by atoms with Gasteiger partial charge in [-0.05, 0) is 23.8 Å². The Morgan fingerprint density at radius 3 is 2.23 bits per heavy atom. The molecule has 2 aromatic rings. The first-order valence-electron chi connectivity index (χ1n) is 8.28. The maximum absolute atomic E-state index is 12.8. The van der Waals surface area contributed by atoms with Gasteiger partial charge in [-0.25, -0.2) is 8.42 Å². The predicted octanol–water partition coefficient (Wildman–Crippen LogP) is 3.03. The average Bonchev–Trinajstić information content (AvgIpc) is 2.65. The predicted molar refractivity (Wildman–Crippen MR) is 103 cm³/mol. The SMILES string of the molecule is O=S(=O)(c1ccc(Cl)c(Cl)c1)N1CCN(C[C@H](O)c2ccccc2)CC1. The molecule has 1 fully saturated rings. The number of hydrogen-bond acceptors (Lipinski definition) is 4. The molecule has 26 heavy (non-hydrogen) atoms. The summed E-state index contributed by atoms with van der Waals surface area (Å²) in [6.45, 7) is 2.33. The molecule has 0 unspecified atom stereocenters. The smallest absolute Gasteiger partial charge is 0.243 e. The Labute approximate surface area is 163 Å². The summed E-state index contributed by atoms with van der Waals surface area (Å²) in [4.78, 5) is 2.21. The molecule has 5 nitrogen and oxygen atoms in total. The van der Waals surface area contributed by atoms with E-state index >= 15 is 0 Å². The lowest BCUT2D eigenvalue weighted by atomic mass is 10.1. The minimum absolute atomic E-state index is 0.143. The summed E-state index contributed by atoms with van der Waals surface area (Å²) in [5.74, 6) is 0. The first kappa shape index (κ1) is 19.6. The average molecular weight is 415 g/mol. The van der Waals surface area contributed by atoms with Crippen molar-refractivity contribution < 1.29 is 13.5 Å². The van der Waals surface area contributed by atoms with Gasteiger partial charge in [-0.1, -0.05) is 53.5 Å². The number of aliphatic hydroxyl groups excluding tert-OH is 1. The van der Waals surface area contributed by atoms with Crippen molar-refractivity contribution >= 4 is 33.2 Å². The molecule has 1 aliphatic rings. The third-order valence-electron chi connectivity index (χ3n) is 4.48. The van der Waals surface area contributed by atoms with E-state index in [1.54, 1.807) is 0 Å².